The Morgan fingerprint density at radius 3 is 2.08 bits per heavy atom. The molecule has 0 aliphatic heterocycles. The Kier molecular flexibility index (Phi) is 1.97. The van der Waals surface area contributed by atoms with Gasteiger partial charge in [0.25, 0.3) is 0 Å². The van der Waals surface area contributed by atoms with Crippen LogP contribution in [0.3, 0.4) is 0 Å². The molecule has 13 heavy (non-hydrogen) atoms. The maximum atomic E-state index is 6.21. The van der Waals surface area contributed by atoms with Gasteiger partial charge >= 0.3 is 0 Å². The van der Waals surface area contributed by atoms with Crippen LogP contribution < -0.4 is 5.73 Å². The van der Waals surface area contributed by atoms with Crippen LogP contribution >= 0.6 is 22.6 Å². The highest BCUT2D eigenvalue weighted by atomic mass is 127. The molecule has 0 radical (unpaired) electrons. The highest BCUT2D eigenvalue weighted by molar-refractivity contribution is 14.1. The van der Waals surface area contributed by atoms with Crippen LogP contribution in [0.2, 0.25) is 0 Å². The molecule has 1 fully saturated rings. The quantitative estimate of drug-likeness (QED) is 0.623. The van der Waals surface area contributed by atoms with Crippen molar-refractivity contribution < 1.29 is 0 Å². The number of alkyl halides is 1. The molecule has 2 heteroatoms. The van der Waals surface area contributed by atoms with E-state index in [1.54, 1.807) is 0 Å². The van der Waals surface area contributed by atoms with Crippen molar-refractivity contribution in [2.45, 2.75) is 28.7 Å². The lowest BCUT2D eigenvalue weighted by Gasteiger charge is -2.14. The van der Waals surface area contributed by atoms with E-state index in [0.717, 1.165) is 0 Å². The van der Waals surface area contributed by atoms with Gasteiger partial charge in [-0.3, -0.25) is 0 Å². The normalized spacial score (nSPS) is 43.2. The molecule has 0 heterocycles. The zero-order valence-electron chi connectivity index (χ0n) is 7.92. The van der Waals surface area contributed by atoms with E-state index in [2.05, 4.69) is 60.7 Å². The summed E-state index contributed by atoms with van der Waals surface area (Å²) in [4.78, 5) is 0. The number of hydrogen-bond acceptors (Lipinski definition) is 1. The predicted molar refractivity (Wildman–Crippen MR) is 64.2 cm³/mol. The molecule has 1 aliphatic carbocycles. The molecule has 3 unspecified atom stereocenters. The maximum Gasteiger partial charge on any atom is 0.0408 e. The van der Waals surface area contributed by atoms with Gasteiger partial charge in [0.2, 0.25) is 0 Å². The van der Waals surface area contributed by atoms with Gasteiger partial charge in [-0.1, -0.05) is 59.8 Å². The lowest BCUT2D eigenvalue weighted by atomic mass is 9.94. The minimum atomic E-state index is -0.0467. The third-order valence-electron chi connectivity index (χ3n) is 3.44. The van der Waals surface area contributed by atoms with Gasteiger partial charge < -0.3 is 5.73 Å². The van der Waals surface area contributed by atoms with Crippen molar-refractivity contribution in [3.8, 4) is 0 Å². The molecular weight excluding hydrogens is 273 g/mol. The van der Waals surface area contributed by atoms with Gasteiger partial charge in [-0.15, -0.1) is 0 Å². The minimum absolute atomic E-state index is 0.0467. The van der Waals surface area contributed by atoms with E-state index in [4.69, 9.17) is 5.73 Å². The molecule has 0 amide bonds. The molecule has 3 atom stereocenters. The van der Waals surface area contributed by atoms with E-state index in [9.17, 15) is 0 Å². The Bertz CT molecular complexity index is 320. The van der Waals surface area contributed by atoms with Gasteiger partial charge in [-0.25, -0.2) is 0 Å². The summed E-state index contributed by atoms with van der Waals surface area (Å²) in [5.41, 5.74) is 7.69. The van der Waals surface area contributed by atoms with E-state index in [1.807, 2.05) is 6.07 Å². The lowest BCUT2D eigenvalue weighted by Crippen LogP contribution is -2.28. The molecule has 0 aromatic heterocycles. The maximum absolute atomic E-state index is 6.21. The molecule has 1 aromatic rings. The van der Waals surface area contributed by atoms with Crippen LogP contribution in [-0.4, -0.2) is 9.46 Å². The first-order chi connectivity index (χ1) is 6.01. The molecular formula is C11H14IN. The zero-order valence-corrected chi connectivity index (χ0v) is 10.1. The molecule has 1 aliphatic rings. The number of hydrogen-bond donors (Lipinski definition) is 1. The first kappa shape index (κ1) is 9.46. The van der Waals surface area contributed by atoms with Gasteiger partial charge in [-0.05, 0) is 12.5 Å². The summed E-state index contributed by atoms with van der Waals surface area (Å²) in [5.74, 6) is 0. The summed E-state index contributed by atoms with van der Waals surface area (Å²) in [7, 11) is 0. The molecule has 2 N–H and O–H groups in total. The topological polar surface area (TPSA) is 26.0 Å². The average molecular weight is 287 g/mol. The van der Waals surface area contributed by atoms with Crippen LogP contribution in [0.5, 0.6) is 0 Å². The van der Waals surface area contributed by atoms with Crippen molar-refractivity contribution in [3.63, 3.8) is 0 Å². The zero-order chi connectivity index (χ0) is 9.69. The van der Waals surface area contributed by atoms with E-state index in [0.29, 0.717) is 3.92 Å². The predicted octanol–water partition coefficient (Wildman–Crippen LogP) is 2.48. The Labute approximate surface area is 92.9 Å². The monoisotopic (exact) mass is 287 g/mol. The van der Waals surface area contributed by atoms with Gasteiger partial charge in [0.15, 0.2) is 0 Å². The summed E-state index contributed by atoms with van der Waals surface area (Å²) < 4.78 is 0.542. The van der Waals surface area contributed by atoms with Crippen molar-refractivity contribution in [1.82, 2.24) is 0 Å². The first-order valence-electron chi connectivity index (χ1n) is 4.49. The Morgan fingerprint density at radius 1 is 1.23 bits per heavy atom. The van der Waals surface area contributed by atoms with Crippen LogP contribution in [0.25, 0.3) is 0 Å². The second-order valence-electron chi connectivity index (χ2n) is 4.21. The van der Waals surface area contributed by atoms with Crippen molar-refractivity contribution in [2.24, 2.45) is 5.73 Å². The van der Waals surface area contributed by atoms with Crippen molar-refractivity contribution >= 4 is 22.6 Å². The highest BCUT2D eigenvalue weighted by Gasteiger charge is 2.68. The Balaban J connectivity index is 2.40. The number of halogens is 1. The molecule has 1 nitrogen and oxygen atoms in total. The molecule has 1 aromatic carbocycles. The van der Waals surface area contributed by atoms with Crippen molar-refractivity contribution in [1.29, 1.82) is 0 Å². The van der Waals surface area contributed by atoms with Crippen LogP contribution in [0.1, 0.15) is 19.4 Å². The molecule has 0 bridgehead atoms. The molecule has 70 valence electrons. The van der Waals surface area contributed by atoms with Gasteiger partial charge in [0, 0.05) is 14.9 Å². The van der Waals surface area contributed by atoms with Crippen LogP contribution in [0, 0.1) is 0 Å². The smallest absolute Gasteiger partial charge is 0.0408 e. The fraction of sp³-hybridized carbons (Fsp3) is 0.455. The summed E-state index contributed by atoms with van der Waals surface area (Å²) >= 11 is 2.45. The van der Waals surface area contributed by atoms with Gasteiger partial charge in [0.05, 0.1) is 0 Å². The van der Waals surface area contributed by atoms with Crippen LogP contribution in [0.4, 0.5) is 0 Å². The fourth-order valence-electron chi connectivity index (χ4n) is 2.00. The standard InChI is InChI=1S/C11H14IN/c1-10(9(12)11(10,2)13)8-6-4-3-5-7-8/h3-7,9H,13H2,1-2H3. The third kappa shape index (κ3) is 1.08. The number of nitrogens with two attached hydrogens (primary N) is 1. The molecule has 0 spiro atoms. The Morgan fingerprint density at radius 2 is 1.69 bits per heavy atom. The summed E-state index contributed by atoms with van der Waals surface area (Å²) in [5, 5.41) is 0. The van der Waals surface area contributed by atoms with E-state index < -0.39 is 0 Å². The van der Waals surface area contributed by atoms with Gasteiger partial charge in [0.1, 0.15) is 0 Å². The highest BCUT2D eigenvalue weighted by Crippen LogP contribution is 2.60. The molecule has 2 rings (SSSR count). The summed E-state index contributed by atoms with van der Waals surface area (Å²) in [6, 6.07) is 10.6. The van der Waals surface area contributed by atoms with Gasteiger partial charge in [-0.2, -0.15) is 0 Å². The lowest BCUT2D eigenvalue weighted by molar-refractivity contribution is 0.611. The van der Waals surface area contributed by atoms with Crippen LogP contribution in [0.15, 0.2) is 30.3 Å². The summed E-state index contributed by atoms with van der Waals surface area (Å²) in [6.07, 6.45) is 0. The summed E-state index contributed by atoms with van der Waals surface area (Å²) in [6.45, 7) is 4.39. The second-order valence-corrected chi connectivity index (χ2v) is 5.46. The minimum Gasteiger partial charge on any atom is -0.324 e. The molecule has 1 saturated carbocycles. The average Bonchev–Trinajstić information content (AvgIpc) is 2.53. The van der Waals surface area contributed by atoms with E-state index in [-0.39, 0.29) is 11.0 Å². The number of rotatable bonds is 1. The first-order valence-corrected chi connectivity index (χ1v) is 5.74. The number of benzene rings is 1. The molecule has 0 saturated heterocycles. The SMILES string of the molecule is CC1(N)C(I)C1(C)c1ccccc1. The second kappa shape index (κ2) is 2.70. The van der Waals surface area contributed by atoms with Crippen molar-refractivity contribution in [3.05, 3.63) is 35.9 Å². The fourth-order valence-corrected chi connectivity index (χ4v) is 3.50. The largest absolute Gasteiger partial charge is 0.324 e. The van der Waals surface area contributed by atoms with E-state index >= 15 is 0 Å². The Hall–Kier alpha value is -0.0900. The van der Waals surface area contributed by atoms with Crippen LogP contribution in [-0.2, 0) is 5.41 Å². The van der Waals surface area contributed by atoms with Crippen molar-refractivity contribution in [2.75, 3.05) is 0 Å². The van der Waals surface area contributed by atoms with E-state index in [1.165, 1.54) is 5.56 Å². The third-order valence-corrected chi connectivity index (χ3v) is 5.98.